The number of carbonyl (C=O) groups is 1. The molecule has 7 rings (SSSR count). The van der Waals surface area contributed by atoms with Gasteiger partial charge in [-0.25, -0.2) is 29.7 Å². The van der Waals surface area contributed by atoms with E-state index in [2.05, 4.69) is 19.8 Å². The van der Waals surface area contributed by atoms with Crippen molar-refractivity contribution in [1.82, 2.24) is 29.9 Å². The maximum atomic E-state index is 14.1. The van der Waals surface area contributed by atoms with Crippen molar-refractivity contribution in [3.05, 3.63) is 36.3 Å². The zero-order valence-electron chi connectivity index (χ0n) is 28.7. The Bertz CT molecular complexity index is 1870. The third kappa shape index (κ3) is 7.03. The van der Waals surface area contributed by atoms with Crippen LogP contribution in [-0.2, 0) is 20.4 Å². The van der Waals surface area contributed by atoms with Crippen molar-refractivity contribution >= 4 is 28.6 Å². The number of alkyl halides is 3. The summed E-state index contributed by atoms with van der Waals surface area (Å²) in [5, 5.41) is 9.02. The zero-order valence-corrected chi connectivity index (χ0v) is 28.7. The lowest BCUT2D eigenvalue weighted by molar-refractivity contribution is -0.145. The van der Waals surface area contributed by atoms with Crippen molar-refractivity contribution in [2.75, 3.05) is 50.3 Å². The molecule has 1 aliphatic carbocycles. The highest BCUT2D eigenvalue weighted by atomic mass is 19.4. The number of carboxylic acid groups (broad SMARTS) is 1. The molecular weight excluding hydrogens is 669 g/mol. The summed E-state index contributed by atoms with van der Waals surface area (Å²) >= 11 is 0. The lowest BCUT2D eigenvalue weighted by Crippen LogP contribution is -2.46. The van der Waals surface area contributed by atoms with Gasteiger partial charge in [-0.05, 0) is 57.6 Å². The van der Waals surface area contributed by atoms with Crippen molar-refractivity contribution < 1.29 is 37.3 Å². The minimum atomic E-state index is -4.68. The summed E-state index contributed by atoms with van der Waals surface area (Å²) in [5.74, 6) is -0.304. The van der Waals surface area contributed by atoms with E-state index >= 15 is 0 Å². The molecule has 1 saturated carbocycles. The SMILES string of the molecule is CCOc1ncc(-c2cc(N(C)CC3(COC)CCC3)c3[nH]c(-c4cnc(N5[C@@H]6CC[C@H]5C[C@@H](OCC(=O)O)C6)cn4)nc3n2)cc1C(F)(F)F. The van der Waals surface area contributed by atoms with Crippen LogP contribution in [0.3, 0.4) is 0 Å². The van der Waals surface area contributed by atoms with E-state index in [-0.39, 0.29) is 48.1 Å². The van der Waals surface area contributed by atoms with Crippen LogP contribution < -0.4 is 14.5 Å². The van der Waals surface area contributed by atoms with Crippen LogP contribution in [-0.4, -0.2) is 99.7 Å². The summed E-state index contributed by atoms with van der Waals surface area (Å²) in [6.45, 7) is 2.61. The minimum absolute atomic E-state index is 0.0379. The van der Waals surface area contributed by atoms with E-state index in [0.717, 1.165) is 56.8 Å². The van der Waals surface area contributed by atoms with E-state index < -0.39 is 23.6 Å². The maximum absolute atomic E-state index is 14.1. The van der Waals surface area contributed by atoms with Crippen molar-refractivity contribution in [3.63, 3.8) is 0 Å². The number of H-pyrrole nitrogens is 1. The predicted octanol–water partition coefficient (Wildman–Crippen LogP) is 5.75. The van der Waals surface area contributed by atoms with Gasteiger partial charge in [-0.1, -0.05) is 6.42 Å². The van der Waals surface area contributed by atoms with E-state index in [1.54, 1.807) is 32.5 Å². The number of methoxy groups -OCH3 is 1. The summed E-state index contributed by atoms with van der Waals surface area (Å²) in [4.78, 5) is 41.6. The fourth-order valence-corrected chi connectivity index (χ4v) is 7.91. The fraction of sp³-hybridized carbons (Fsp3) is 0.543. The topological polar surface area (TPSA) is 152 Å². The molecule has 3 atom stereocenters. The van der Waals surface area contributed by atoms with E-state index in [1.165, 1.54) is 6.20 Å². The predicted molar refractivity (Wildman–Crippen MR) is 182 cm³/mol. The molecule has 2 bridgehead atoms. The standard InChI is InChI=1S/C35H41F3N8O5/c1-4-50-33-24(35(36,37)38)10-20(14-41-33)25-13-27(45(2)18-34(19-49-3)8-5-9-34)30-32(42-25)44-31(43-30)26-15-40-28(16-39-26)46-21-6-7-22(46)12-23(11-21)51-17-29(47)48/h10,13-16,21-23H,4-9,11-12,17-19H2,1-3H3,(H,47,48)(H,42,43,44)/t21-,22+,23+. The average Bonchev–Trinajstić information content (AvgIpc) is 3.63. The molecule has 0 unspecified atom stereocenters. The van der Waals surface area contributed by atoms with Crippen LogP contribution in [0.1, 0.15) is 57.4 Å². The van der Waals surface area contributed by atoms with E-state index in [4.69, 9.17) is 39.3 Å². The Labute approximate surface area is 292 Å². The third-order valence-corrected chi connectivity index (χ3v) is 10.3. The summed E-state index contributed by atoms with van der Waals surface area (Å²) in [6, 6.07) is 3.14. The van der Waals surface area contributed by atoms with Gasteiger partial charge in [0.25, 0.3) is 0 Å². The Morgan fingerprint density at radius 2 is 1.84 bits per heavy atom. The van der Waals surface area contributed by atoms with Gasteiger partial charge in [0.05, 0.1) is 43.1 Å². The molecule has 2 N–H and O–H groups in total. The van der Waals surface area contributed by atoms with E-state index in [9.17, 15) is 18.0 Å². The molecule has 0 aromatic carbocycles. The zero-order chi connectivity index (χ0) is 35.9. The Hall–Kier alpha value is -4.57. The molecule has 13 nitrogen and oxygen atoms in total. The fourth-order valence-electron chi connectivity index (χ4n) is 7.91. The van der Waals surface area contributed by atoms with E-state index in [1.807, 2.05) is 7.05 Å². The van der Waals surface area contributed by atoms with Gasteiger partial charge in [0.2, 0.25) is 5.88 Å². The molecule has 16 heteroatoms. The quantitative estimate of drug-likeness (QED) is 0.174. The molecule has 3 aliphatic rings. The molecule has 0 radical (unpaired) electrons. The molecule has 4 aromatic rings. The Kier molecular flexibility index (Phi) is 9.48. The lowest BCUT2D eigenvalue weighted by Gasteiger charge is -2.44. The summed E-state index contributed by atoms with van der Waals surface area (Å²) in [5.41, 5.74) is 1.57. The number of pyridine rings is 2. The van der Waals surface area contributed by atoms with Gasteiger partial charge in [0.1, 0.15) is 29.2 Å². The minimum Gasteiger partial charge on any atom is -0.480 e. The Morgan fingerprint density at radius 1 is 1.08 bits per heavy atom. The number of carboxylic acids is 1. The molecule has 51 heavy (non-hydrogen) atoms. The molecule has 2 saturated heterocycles. The monoisotopic (exact) mass is 710 g/mol. The van der Waals surface area contributed by atoms with Gasteiger partial charge in [0, 0.05) is 50.0 Å². The van der Waals surface area contributed by atoms with Crippen LogP contribution in [0, 0.1) is 5.41 Å². The summed E-state index contributed by atoms with van der Waals surface area (Å²) in [7, 11) is 3.64. The van der Waals surface area contributed by atoms with Crippen LogP contribution in [0.25, 0.3) is 33.9 Å². The van der Waals surface area contributed by atoms with Crippen molar-refractivity contribution in [2.45, 2.75) is 76.2 Å². The molecule has 3 fully saturated rings. The van der Waals surface area contributed by atoms with Crippen LogP contribution >= 0.6 is 0 Å². The number of halogens is 3. The van der Waals surface area contributed by atoms with Crippen LogP contribution in [0.5, 0.6) is 5.88 Å². The largest absolute Gasteiger partial charge is 0.480 e. The first kappa shape index (κ1) is 34.9. The number of aromatic nitrogens is 6. The third-order valence-electron chi connectivity index (χ3n) is 10.3. The van der Waals surface area contributed by atoms with Crippen LogP contribution in [0.4, 0.5) is 24.7 Å². The average molecular weight is 711 g/mol. The lowest BCUT2D eigenvalue weighted by atomic mass is 9.69. The first-order valence-corrected chi connectivity index (χ1v) is 17.2. The number of nitrogens with zero attached hydrogens (tertiary/aromatic N) is 7. The van der Waals surface area contributed by atoms with Gasteiger partial charge >= 0.3 is 12.1 Å². The highest BCUT2D eigenvalue weighted by molar-refractivity contribution is 5.91. The highest BCUT2D eigenvalue weighted by Crippen LogP contribution is 2.44. The van der Waals surface area contributed by atoms with Crippen LogP contribution in [0.2, 0.25) is 0 Å². The number of imidazole rings is 1. The number of ether oxygens (including phenoxy) is 3. The number of aliphatic carboxylic acids is 1. The highest BCUT2D eigenvalue weighted by Gasteiger charge is 2.42. The smallest absolute Gasteiger partial charge is 0.421 e. The summed E-state index contributed by atoms with van der Waals surface area (Å²) < 4.78 is 58.6. The van der Waals surface area contributed by atoms with Gasteiger partial charge in [0.15, 0.2) is 11.5 Å². The molecule has 2 aliphatic heterocycles. The first-order valence-electron chi connectivity index (χ1n) is 17.2. The number of piperidine rings is 1. The molecule has 0 spiro atoms. The second-order valence-electron chi connectivity index (χ2n) is 13.8. The number of anilines is 2. The Balaban J connectivity index is 1.22. The number of rotatable bonds is 13. The number of hydrogen-bond donors (Lipinski definition) is 2. The molecule has 6 heterocycles. The number of fused-ring (bicyclic) bond motifs is 3. The molecular formula is C35H41F3N8O5. The van der Waals surface area contributed by atoms with Crippen molar-refractivity contribution in [2.24, 2.45) is 5.41 Å². The van der Waals surface area contributed by atoms with Gasteiger partial charge in [-0.2, -0.15) is 13.2 Å². The summed E-state index contributed by atoms with van der Waals surface area (Å²) in [6.07, 6.45) is 6.42. The Morgan fingerprint density at radius 3 is 2.45 bits per heavy atom. The normalized spacial score (nSPS) is 21.1. The second-order valence-corrected chi connectivity index (χ2v) is 13.8. The molecule has 272 valence electrons. The van der Waals surface area contributed by atoms with E-state index in [0.29, 0.717) is 41.5 Å². The van der Waals surface area contributed by atoms with Gasteiger partial charge in [-0.3, -0.25) is 0 Å². The first-order chi connectivity index (χ1) is 24.5. The van der Waals surface area contributed by atoms with Crippen LogP contribution in [0.15, 0.2) is 30.7 Å². The van der Waals surface area contributed by atoms with Gasteiger partial charge in [-0.15, -0.1) is 0 Å². The van der Waals surface area contributed by atoms with Gasteiger partial charge < -0.3 is 34.1 Å². The number of nitrogens with one attached hydrogen (secondary N) is 1. The molecule has 0 amide bonds. The maximum Gasteiger partial charge on any atom is 0.421 e. The van der Waals surface area contributed by atoms with Crippen molar-refractivity contribution in [3.8, 4) is 28.7 Å². The molecule has 4 aromatic heterocycles. The van der Waals surface area contributed by atoms with Crippen molar-refractivity contribution in [1.29, 1.82) is 0 Å². The number of aromatic amines is 1. The number of hydrogen-bond acceptors (Lipinski definition) is 11. The second kappa shape index (κ2) is 13.9.